The lowest BCUT2D eigenvalue weighted by molar-refractivity contribution is -0.513. The number of nitrogens with one attached hydrogen (secondary N) is 4. The Balaban J connectivity index is 1.23. The van der Waals surface area contributed by atoms with Crippen LogP contribution in [0.15, 0.2) is 47.7 Å². The van der Waals surface area contributed by atoms with Gasteiger partial charge in [0.05, 0.1) is 18.2 Å². The number of nitrogens with two attached hydrogens (primary N) is 2. The highest BCUT2D eigenvalue weighted by Gasteiger charge is 2.68. The lowest BCUT2D eigenvalue weighted by Crippen LogP contribution is -2.88. The van der Waals surface area contributed by atoms with E-state index in [1.807, 2.05) is 12.1 Å². The molecule has 1 fully saturated rings. The van der Waals surface area contributed by atoms with Gasteiger partial charge < -0.3 is 31.1 Å². The van der Waals surface area contributed by atoms with E-state index in [2.05, 4.69) is 44.8 Å². The Morgan fingerprint density at radius 3 is 2.77 bits per heavy atom. The minimum atomic E-state index is -1.19. The largest absolute Gasteiger partial charge is 0.492 e. The molecule has 1 spiro atoms. The zero-order valence-corrected chi connectivity index (χ0v) is 22.3. The van der Waals surface area contributed by atoms with Crippen LogP contribution in [0.4, 0.5) is 0 Å². The molecule has 4 aliphatic rings. The summed E-state index contributed by atoms with van der Waals surface area (Å²) < 4.78 is 5.94. The number of rotatable bonds is 5. The minimum Gasteiger partial charge on any atom is -0.492 e. The number of aromatic nitrogens is 1. The van der Waals surface area contributed by atoms with Gasteiger partial charge in [-0.1, -0.05) is 26.0 Å². The number of carbonyl (C=O) groups is 2. The van der Waals surface area contributed by atoms with E-state index in [1.165, 1.54) is 12.4 Å². The molecule has 2 aromatic rings. The smallest absolute Gasteiger partial charge is 0.343 e. The third kappa shape index (κ3) is 3.99. The van der Waals surface area contributed by atoms with E-state index in [0.717, 1.165) is 12.0 Å². The first-order valence-corrected chi connectivity index (χ1v) is 13.3. The highest BCUT2D eigenvalue weighted by molar-refractivity contribution is 5.98. The van der Waals surface area contributed by atoms with Crippen molar-refractivity contribution in [3.05, 3.63) is 59.4 Å². The van der Waals surface area contributed by atoms with Gasteiger partial charge in [-0.3, -0.25) is 25.3 Å². The molecule has 5 atom stereocenters. The first kappa shape index (κ1) is 25.9. The van der Waals surface area contributed by atoms with E-state index in [-0.39, 0.29) is 42.2 Å². The number of hydrogen-bond acceptors (Lipinski definition) is 10. The first-order chi connectivity index (χ1) is 19.1. The quantitative estimate of drug-likeness (QED) is 0.205. The van der Waals surface area contributed by atoms with Crippen molar-refractivity contribution in [3.8, 4) is 5.75 Å². The Bertz CT molecular complexity index is 1410. The van der Waals surface area contributed by atoms with Gasteiger partial charge in [-0.2, -0.15) is 0 Å². The molecule has 5 heterocycles. The van der Waals surface area contributed by atoms with Crippen molar-refractivity contribution < 1.29 is 24.4 Å². The average Bonchev–Trinajstić information content (AvgIpc) is 3.43. The Hall–Kier alpha value is -4.39. The molecule has 1 aromatic heterocycles. The van der Waals surface area contributed by atoms with E-state index in [1.54, 1.807) is 23.1 Å². The zero-order chi connectivity index (χ0) is 28.2. The van der Waals surface area contributed by atoms with Crippen LogP contribution in [0.3, 0.4) is 0 Å². The van der Waals surface area contributed by atoms with E-state index in [9.17, 15) is 14.7 Å². The lowest BCUT2D eigenvalue weighted by Gasteiger charge is -2.43. The van der Waals surface area contributed by atoms with E-state index in [0.29, 0.717) is 23.5 Å². The highest BCUT2D eigenvalue weighted by atomic mass is 16.5. The van der Waals surface area contributed by atoms with Crippen molar-refractivity contribution in [2.75, 3.05) is 19.7 Å². The molecule has 6 rings (SSSR count). The summed E-state index contributed by atoms with van der Waals surface area (Å²) in [5.41, 5.74) is 13.1. The predicted molar refractivity (Wildman–Crippen MR) is 145 cm³/mol. The van der Waals surface area contributed by atoms with E-state index >= 15 is 0 Å². The second-order valence-electron chi connectivity index (χ2n) is 11.3. The number of carbonyl (C=O) groups excluding carboxylic acids is 2. The molecule has 0 saturated carbocycles. The summed E-state index contributed by atoms with van der Waals surface area (Å²) in [6.45, 7) is 5.11. The second kappa shape index (κ2) is 9.37. The summed E-state index contributed by atoms with van der Waals surface area (Å²) in [6, 6.07) is 6.97. The topological polar surface area (TPSA) is 194 Å². The molecule has 1 saturated heterocycles. The molecule has 0 bridgehead atoms. The van der Waals surface area contributed by atoms with Crippen LogP contribution in [0.5, 0.6) is 5.75 Å². The van der Waals surface area contributed by atoms with Gasteiger partial charge in [0.15, 0.2) is 12.0 Å². The van der Waals surface area contributed by atoms with Crippen molar-refractivity contribution in [2.24, 2.45) is 16.5 Å². The number of benzene rings is 1. The highest BCUT2D eigenvalue weighted by Crippen LogP contribution is 2.41. The van der Waals surface area contributed by atoms with E-state index in [4.69, 9.17) is 16.2 Å². The number of fused-ring (bicyclic) bond motifs is 1. The Labute approximate surface area is 231 Å². The van der Waals surface area contributed by atoms with Crippen LogP contribution < -0.4 is 37.1 Å². The number of aliphatic hydroxyl groups is 1. The predicted octanol–water partition coefficient (Wildman–Crippen LogP) is -2.89. The number of para-hydroxylation sites is 1. The molecule has 13 nitrogen and oxygen atoms in total. The maximum absolute atomic E-state index is 13.5. The van der Waals surface area contributed by atoms with Crippen molar-refractivity contribution in [1.29, 1.82) is 0 Å². The normalized spacial score (nSPS) is 29.5. The van der Waals surface area contributed by atoms with Crippen LogP contribution in [0.25, 0.3) is 0 Å². The number of ether oxygens (including phenoxy) is 1. The molecule has 0 radical (unpaired) electrons. The monoisotopic (exact) mass is 548 g/mol. The average molecular weight is 549 g/mol. The number of pyridine rings is 1. The fourth-order valence-electron chi connectivity index (χ4n) is 6.29. The number of nitrogens with zero attached hydrogens (tertiary/aromatic N) is 3. The Morgan fingerprint density at radius 1 is 1.23 bits per heavy atom. The molecule has 210 valence electrons. The maximum atomic E-state index is 13.5. The van der Waals surface area contributed by atoms with Gasteiger partial charge in [0.2, 0.25) is 5.66 Å². The third-order valence-corrected chi connectivity index (χ3v) is 8.43. The van der Waals surface area contributed by atoms with Crippen molar-refractivity contribution in [3.63, 3.8) is 0 Å². The molecule has 4 aliphatic heterocycles. The molecule has 40 heavy (non-hydrogen) atoms. The van der Waals surface area contributed by atoms with Crippen molar-refractivity contribution in [1.82, 2.24) is 25.8 Å². The van der Waals surface area contributed by atoms with Crippen LogP contribution in [0, 0.1) is 0 Å². The molecule has 1 aromatic carbocycles. The number of hydrogen-bond donors (Lipinski definition) is 7. The first-order valence-electron chi connectivity index (χ1n) is 13.3. The second-order valence-corrected chi connectivity index (χ2v) is 11.3. The molecule has 1 unspecified atom stereocenters. The zero-order valence-electron chi connectivity index (χ0n) is 22.3. The summed E-state index contributed by atoms with van der Waals surface area (Å²) in [5.74, 6) is 0.336. The number of amides is 2. The Kier molecular flexibility index (Phi) is 6.06. The minimum absolute atomic E-state index is 0.122. The van der Waals surface area contributed by atoms with Gasteiger partial charge in [0, 0.05) is 36.6 Å². The number of aliphatic imine (C=N–C) groups is 1. The molecule has 2 amide bonds. The standard InChI is InChI=1S/C27H33N9O4/c1-26(2)8-11-40-19-15(4-3-5-16(19)26)23(39)32-18-13-36-25(29)33-17(12-31-22(38)14-6-9-30-10-7-14)20-27(36,21(18)37)35-24(28)34-20/h3-7,9-10,17-18,20-21,37H,8,11-13H2,1-2H3,(H2,29,33)(H,31,38)(H,32,39)(H3,28,34,35)/p+1/t17-,18?,20-,21+,27-/m0/s1. The van der Waals surface area contributed by atoms with Crippen LogP contribution >= 0.6 is 0 Å². The fraction of sp³-hybridized carbons (Fsp3) is 0.444. The van der Waals surface area contributed by atoms with Gasteiger partial charge in [-0.15, -0.1) is 0 Å². The molecular weight excluding hydrogens is 514 g/mol. The summed E-state index contributed by atoms with van der Waals surface area (Å²) in [5, 5.41) is 20.7. The Morgan fingerprint density at radius 2 is 2.00 bits per heavy atom. The summed E-state index contributed by atoms with van der Waals surface area (Å²) in [4.78, 5) is 39.7. The van der Waals surface area contributed by atoms with Crippen molar-refractivity contribution in [2.45, 2.75) is 55.6 Å². The van der Waals surface area contributed by atoms with Crippen molar-refractivity contribution >= 4 is 23.7 Å². The summed E-state index contributed by atoms with van der Waals surface area (Å²) in [6.07, 6.45) is 2.81. The maximum Gasteiger partial charge on any atom is 0.343 e. The fourth-order valence-corrected chi connectivity index (χ4v) is 6.29. The van der Waals surface area contributed by atoms with Gasteiger partial charge in [0.25, 0.3) is 11.8 Å². The SMILES string of the molecule is CC1(C)CCOc2c(C(=O)NC3CN4C(N)=N[C@@H](CNC(=O)c5ccncc5)[C@@H]5[NH+]=C(N)N[C@@]54[C@@H]3O)cccc21. The van der Waals surface area contributed by atoms with Gasteiger partial charge >= 0.3 is 5.96 Å². The molecular formula is C27H34N9O4+. The van der Waals surface area contributed by atoms with Crippen LogP contribution in [0.2, 0.25) is 0 Å². The van der Waals surface area contributed by atoms with Gasteiger partial charge in [-0.25, -0.2) is 10.3 Å². The lowest BCUT2D eigenvalue weighted by atomic mass is 9.79. The van der Waals surface area contributed by atoms with Crippen LogP contribution in [0.1, 0.15) is 46.5 Å². The molecule has 0 aliphatic carbocycles. The number of aliphatic hydroxyl groups excluding tert-OH is 1. The summed E-state index contributed by atoms with van der Waals surface area (Å²) in [7, 11) is 0. The molecule has 13 heteroatoms. The third-order valence-electron chi connectivity index (χ3n) is 8.43. The van der Waals surface area contributed by atoms with Gasteiger partial charge in [0.1, 0.15) is 17.9 Å². The van der Waals surface area contributed by atoms with Crippen LogP contribution in [-0.4, -0.2) is 88.3 Å². The van der Waals surface area contributed by atoms with Crippen LogP contribution in [-0.2, 0) is 5.41 Å². The van der Waals surface area contributed by atoms with Gasteiger partial charge in [-0.05, 0) is 30.0 Å². The number of guanidine groups is 2. The molecule has 9 N–H and O–H groups in total. The van der Waals surface area contributed by atoms with E-state index < -0.39 is 29.9 Å². The summed E-state index contributed by atoms with van der Waals surface area (Å²) >= 11 is 0.